The SMILES string of the molecule is CC(C)(C)Cl.C[C@@H]1CNCCN1C(=O)O. The van der Waals surface area contributed by atoms with Gasteiger partial charge in [-0.15, -0.1) is 11.6 Å². The largest absolute Gasteiger partial charge is 0.465 e. The number of piperazine rings is 1. The number of alkyl halides is 1. The minimum Gasteiger partial charge on any atom is -0.465 e. The molecule has 5 heteroatoms. The van der Waals surface area contributed by atoms with E-state index in [0.717, 1.165) is 13.1 Å². The van der Waals surface area contributed by atoms with Gasteiger partial charge in [0.25, 0.3) is 0 Å². The average Bonchev–Trinajstić information content (AvgIpc) is 2.01. The van der Waals surface area contributed by atoms with Gasteiger partial charge in [-0.1, -0.05) is 0 Å². The molecule has 1 atom stereocenters. The summed E-state index contributed by atoms with van der Waals surface area (Å²) >= 11 is 5.53. The van der Waals surface area contributed by atoms with Crippen LogP contribution in [0, 0.1) is 0 Å². The van der Waals surface area contributed by atoms with E-state index in [0.29, 0.717) is 6.54 Å². The zero-order valence-electron chi connectivity index (χ0n) is 9.88. The van der Waals surface area contributed by atoms with Crippen LogP contribution in [0.15, 0.2) is 0 Å². The lowest BCUT2D eigenvalue weighted by Gasteiger charge is -2.31. The molecule has 4 nitrogen and oxygen atoms in total. The number of rotatable bonds is 0. The van der Waals surface area contributed by atoms with Crippen molar-refractivity contribution in [1.82, 2.24) is 10.2 Å². The number of hydrogen-bond donors (Lipinski definition) is 2. The molecule has 1 aliphatic rings. The number of carboxylic acid groups (broad SMARTS) is 1. The fourth-order valence-corrected chi connectivity index (χ4v) is 1.13. The number of nitrogens with zero attached hydrogens (tertiary/aromatic N) is 1. The maximum absolute atomic E-state index is 10.5. The van der Waals surface area contributed by atoms with Gasteiger partial charge in [-0.25, -0.2) is 4.79 Å². The predicted octanol–water partition coefficient (Wildman–Crippen LogP) is 1.98. The van der Waals surface area contributed by atoms with Crippen LogP contribution in [0.2, 0.25) is 0 Å². The molecular formula is C10H21ClN2O2. The summed E-state index contributed by atoms with van der Waals surface area (Å²) in [5.74, 6) is 0. The van der Waals surface area contributed by atoms with E-state index in [1.807, 2.05) is 27.7 Å². The molecule has 0 radical (unpaired) electrons. The van der Waals surface area contributed by atoms with E-state index in [1.54, 1.807) is 0 Å². The van der Waals surface area contributed by atoms with Gasteiger partial charge in [0.05, 0.1) is 0 Å². The first-order valence-electron chi connectivity index (χ1n) is 5.11. The highest BCUT2D eigenvalue weighted by Gasteiger charge is 2.21. The summed E-state index contributed by atoms with van der Waals surface area (Å²) in [5.41, 5.74) is 0. The molecule has 1 aliphatic heterocycles. The highest BCUT2D eigenvalue weighted by Crippen LogP contribution is 2.08. The van der Waals surface area contributed by atoms with Gasteiger partial charge in [-0.05, 0) is 27.7 Å². The van der Waals surface area contributed by atoms with Gasteiger partial charge in [0.15, 0.2) is 0 Å². The summed E-state index contributed by atoms with van der Waals surface area (Å²) in [5, 5.41) is 11.7. The van der Waals surface area contributed by atoms with Gasteiger partial charge in [-0.2, -0.15) is 0 Å². The van der Waals surface area contributed by atoms with Crippen molar-refractivity contribution in [3.63, 3.8) is 0 Å². The molecule has 0 aromatic heterocycles. The Morgan fingerprint density at radius 3 is 2.27 bits per heavy atom. The van der Waals surface area contributed by atoms with Crippen molar-refractivity contribution in [2.45, 2.75) is 38.6 Å². The van der Waals surface area contributed by atoms with Gasteiger partial charge in [-0.3, -0.25) is 0 Å². The zero-order chi connectivity index (χ0) is 12.1. The molecule has 0 saturated carbocycles. The van der Waals surface area contributed by atoms with Gasteiger partial charge in [0, 0.05) is 30.6 Å². The summed E-state index contributed by atoms with van der Waals surface area (Å²) in [7, 11) is 0. The maximum atomic E-state index is 10.5. The van der Waals surface area contributed by atoms with E-state index in [2.05, 4.69) is 5.32 Å². The van der Waals surface area contributed by atoms with Gasteiger partial charge in [0.1, 0.15) is 0 Å². The second kappa shape index (κ2) is 6.18. The first-order valence-corrected chi connectivity index (χ1v) is 5.49. The quantitative estimate of drug-likeness (QED) is 0.633. The topological polar surface area (TPSA) is 52.6 Å². The van der Waals surface area contributed by atoms with Crippen molar-refractivity contribution in [3.05, 3.63) is 0 Å². The molecule has 0 aliphatic carbocycles. The van der Waals surface area contributed by atoms with Crippen LogP contribution in [-0.4, -0.2) is 46.6 Å². The highest BCUT2D eigenvalue weighted by atomic mass is 35.5. The van der Waals surface area contributed by atoms with Crippen LogP contribution < -0.4 is 5.32 Å². The van der Waals surface area contributed by atoms with Crippen LogP contribution in [0.4, 0.5) is 4.79 Å². The van der Waals surface area contributed by atoms with Crippen molar-refractivity contribution in [2.24, 2.45) is 0 Å². The van der Waals surface area contributed by atoms with Crippen LogP contribution in [-0.2, 0) is 0 Å². The monoisotopic (exact) mass is 236 g/mol. The molecule has 0 aromatic carbocycles. The maximum Gasteiger partial charge on any atom is 0.407 e. The third-order valence-electron chi connectivity index (χ3n) is 1.75. The highest BCUT2D eigenvalue weighted by molar-refractivity contribution is 6.23. The molecule has 1 rings (SSSR count). The summed E-state index contributed by atoms with van der Waals surface area (Å²) in [4.78, 5) is 11.9. The third kappa shape index (κ3) is 8.51. The van der Waals surface area contributed by atoms with Crippen LogP contribution in [0.3, 0.4) is 0 Å². The Morgan fingerprint density at radius 1 is 1.53 bits per heavy atom. The van der Waals surface area contributed by atoms with Crippen molar-refractivity contribution >= 4 is 17.7 Å². The molecule has 1 saturated heterocycles. The summed E-state index contributed by atoms with van der Waals surface area (Å²) < 4.78 is 0. The Morgan fingerprint density at radius 2 is 2.00 bits per heavy atom. The first kappa shape index (κ1) is 14.5. The Balaban J connectivity index is 0.000000336. The van der Waals surface area contributed by atoms with Crippen LogP contribution in [0.1, 0.15) is 27.7 Å². The normalized spacial score (nSPS) is 21.7. The molecule has 0 unspecified atom stereocenters. The fraction of sp³-hybridized carbons (Fsp3) is 0.900. The van der Waals surface area contributed by atoms with Gasteiger partial charge >= 0.3 is 6.09 Å². The summed E-state index contributed by atoms with van der Waals surface area (Å²) in [6.45, 7) is 9.91. The number of nitrogens with one attached hydrogen (secondary N) is 1. The lowest BCUT2D eigenvalue weighted by molar-refractivity contribution is 0.117. The molecule has 2 N–H and O–H groups in total. The molecule has 15 heavy (non-hydrogen) atoms. The molecule has 0 spiro atoms. The van der Waals surface area contributed by atoms with Crippen molar-refractivity contribution in [2.75, 3.05) is 19.6 Å². The summed E-state index contributed by atoms with van der Waals surface area (Å²) in [6.07, 6.45) is -0.811. The first-order chi connectivity index (χ1) is 6.72. The Labute approximate surface area is 96.6 Å². The van der Waals surface area contributed by atoms with E-state index in [1.165, 1.54) is 4.90 Å². The molecule has 1 amide bonds. The Bertz CT molecular complexity index is 198. The molecule has 1 fully saturated rings. The minimum absolute atomic E-state index is 0.0278. The van der Waals surface area contributed by atoms with E-state index < -0.39 is 6.09 Å². The number of hydrogen-bond acceptors (Lipinski definition) is 2. The Kier molecular flexibility index (Phi) is 5.98. The third-order valence-corrected chi connectivity index (χ3v) is 1.75. The number of carbonyl (C=O) groups is 1. The van der Waals surface area contributed by atoms with Crippen LogP contribution in [0.5, 0.6) is 0 Å². The van der Waals surface area contributed by atoms with E-state index in [-0.39, 0.29) is 10.9 Å². The average molecular weight is 237 g/mol. The lowest BCUT2D eigenvalue weighted by atomic mass is 10.2. The molecule has 1 heterocycles. The summed E-state index contributed by atoms with van der Waals surface area (Å²) in [6, 6.07) is 0.117. The lowest BCUT2D eigenvalue weighted by Crippen LogP contribution is -2.51. The second-order valence-electron chi connectivity index (χ2n) is 4.60. The van der Waals surface area contributed by atoms with Crippen molar-refractivity contribution < 1.29 is 9.90 Å². The second-order valence-corrected chi connectivity index (χ2v) is 5.73. The van der Waals surface area contributed by atoms with Crippen molar-refractivity contribution in [3.8, 4) is 0 Å². The molecular weight excluding hydrogens is 216 g/mol. The van der Waals surface area contributed by atoms with E-state index in [4.69, 9.17) is 16.7 Å². The zero-order valence-corrected chi connectivity index (χ0v) is 10.6. The van der Waals surface area contributed by atoms with E-state index >= 15 is 0 Å². The van der Waals surface area contributed by atoms with Crippen LogP contribution in [0.25, 0.3) is 0 Å². The van der Waals surface area contributed by atoms with Gasteiger partial charge in [0.2, 0.25) is 0 Å². The minimum atomic E-state index is -0.811. The fourth-order valence-electron chi connectivity index (χ4n) is 1.13. The molecule has 0 bridgehead atoms. The van der Waals surface area contributed by atoms with Gasteiger partial charge < -0.3 is 15.3 Å². The van der Waals surface area contributed by atoms with Crippen LogP contribution >= 0.6 is 11.6 Å². The standard InChI is InChI=1S/C6H12N2O2.C4H9Cl/c1-5-4-7-2-3-8(5)6(9)10;1-4(2,3)5/h5,7H,2-4H2,1H3,(H,9,10);1-3H3/t5-;/m1./s1. The smallest absolute Gasteiger partial charge is 0.407 e. The Hall–Kier alpha value is -0.480. The molecule has 0 aromatic rings. The predicted molar refractivity (Wildman–Crippen MR) is 62.7 cm³/mol. The molecule has 90 valence electrons. The van der Waals surface area contributed by atoms with Crippen molar-refractivity contribution in [1.29, 1.82) is 0 Å². The van der Waals surface area contributed by atoms with E-state index in [9.17, 15) is 4.79 Å². The number of halogens is 1. The number of amides is 1.